The fraction of sp³-hybridized carbons (Fsp3) is 0.391. The molecule has 170 valence electrons. The van der Waals surface area contributed by atoms with Crippen molar-refractivity contribution >= 4 is 35.8 Å². The first kappa shape index (κ1) is 26.5. The van der Waals surface area contributed by atoms with Crippen molar-refractivity contribution in [2.45, 2.75) is 26.3 Å². The molecule has 0 saturated carbocycles. The van der Waals surface area contributed by atoms with Gasteiger partial charge in [-0.1, -0.05) is 25.5 Å². The third kappa shape index (κ3) is 9.91. The third-order valence-electron chi connectivity index (χ3n) is 4.44. The number of carbonyl (C=O) groups is 1. The summed E-state index contributed by atoms with van der Waals surface area (Å²) in [6.45, 7) is 4.54. The average Bonchev–Trinajstić information content (AvgIpc) is 2.79. The summed E-state index contributed by atoms with van der Waals surface area (Å²) in [5.41, 5.74) is 1.74. The van der Waals surface area contributed by atoms with E-state index in [-0.39, 0.29) is 29.9 Å². The molecule has 0 atom stereocenters. The molecule has 0 radical (unpaired) electrons. The van der Waals surface area contributed by atoms with Crippen molar-refractivity contribution < 1.29 is 14.3 Å². The number of rotatable bonds is 11. The predicted octanol–water partition coefficient (Wildman–Crippen LogP) is 3.59. The second-order valence-corrected chi connectivity index (χ2v) is 6.68. The number of ether oxygens (including phenoxy) is 2. The van der Waals surface area contributed by atoms with E-state index in [1.807, 2.05) is 48.5 Å². The van der Waals surface area contributed by atoms with Crippen LogP contribution in [0.25, 0.3) is 0 Å². The zero-order valence-corrected chi connectivity index (χ0v) is 20.8. The lowest BCUT2D eigenvalue weighted by molar-refractivity contribution is 0.0953. The molecule has 2 aromatic rings. The lowest BCUT2D eigenvalue weighted by Crippen LogP contribution is -2.38. The summed E-state index contributed by atoms with van der Waals surface area (Å²) >= 11 is 0. The molecule has 0 aliphatic heterocycles. The van der Waals surface area contributed by atoms with Crippen LogP contribution in [0.1, 0.15) is 35.7 Å². The first-order valence-corrected chi connectivity index (χ1v) is 10.2. The minimum absolute atomic E-state index is 0. The highest BCUT2D eigenvalue weighted by atomic mass is 127. The first-order chi connectivity index (χ1) is 14.7. The summed E-state index contributed by atoms with van der Waals surface area (Å²) in [5.74, 6) is 2.25. The minimum atomic E-state index is -0.0303. The number of amides is 1. The molecule has 0 aliphatic rings. The molecular weight excluding hydrogens is 507 g/mol. The van der Waals surface area contributed by atoms with Crippen molar-refractivity contribution in [3.63, 3.8) is 0 Å². The number of methoxy groups -OCH3 is 1. The Morgan fingerprint density at radius 3 is 2.23 bits per heavy atom. The largest absolute Gasteiger partial charge is 0.497 e. The highest BCUT2D eigenvalue weighted by molar-refractivity contribution is 14.0. The molecule has 31 heavy (non-hydrogen) atoms. The van der Waals surface area contributed by atoms with E-state index in [0.717, 1.165) is 29.9 Å². The third-order valence-corrected chi connectivity index (χ3v) is 4.44. The van der Waals surface area contributed by atoms with Crippen molar-refractivity contribution in [3.8, 4) is 11.5 Å². The first-order valence-electron chi connectivity index (χ1n) is 10.2. The number of carbonyl (C=O) groups excluding carboxylic acids is 1. The Labute approximate surface area is 202 Å². The SMILES string of the molecule is CCCCNC(=O)c1ccc(CNC(=NC)NCCOc2ccc(OC)cc2)cc1.I. The van der Waals surface area contributed by atoms with Gasteiger partial charge in [-0.25, -0.2) is 0 Å². The maximum Gasteiger partial charge on any atom is 0.251 e. The zero-order valence-electron chi connectivity index (χ0n) is 18.4. The van der Waals surface area contributed by atoms with E-state index in [1.54, 1.807) is 14.2 Å². The fourth-order valence-electron chi connectivity index (χ4n) is 2.67. The number of benzene rings is 2. The van der Waals surface area contributed by atoms with Gasteiger partial charge in [0.25, 0.3) is 5.91 Å². The van der Waals surface area contributed by atoms with Crippen molar-refractivity contribution in [3.05, 3.63) is 59.7 Å². The van der Waals surface area contributed by atoms with E-state index >= 15 is 0 Å². The van der Waals surface area contributed by atoms with E-state index < -0.39 is 0 Å². The predicted molar refractivity (Wildman–Crippen MR) is 136 cm³/mol. The number of hydrogen-bond donors (Lipinski definition) is 3. The normalized spacial score (nSPS) is 10.6. The van der Waals surface area contributed by atoms with Crippen molar-refractivity contribution in [1.82, 2.24) is 16.0 Å². The van der Waals surface area contributed by atoms with Crippen LogP contribution in [-0.2, 0) is 6.54 Å². The van der Waals surface area contributed by atoms with E-state index in [1.165, 1.54) is 0 Å². The van der Waals surface area contributed by atoms with Crippen LogP contribution in [0, 0.1) is 0 Å². The number of halogens is 1. The van der Waals surface area contributed by atoms with Gasteiger partial charge >= 0.3 is 0 Å². The Kier molecular flexibility index (Phi) is 13.1. The lowest BCUT2D eigenvalue weighted by atomic mass is 10.1. The van der Waals surface area contributed by atoms with Crippen LogP contribution in [-0.4, -0.2) is 45.7 Å². The summed E-state index contributed by atoms with van der Waals surface area (Å²) in [4.78, 5) is 16.3. The van der Waals surface area contributed by atoms with Gasteiger partial charge in [-0.15, -0.1) is 24.0 Å². The van der Waals surface area contributed by atoms with Gasteiger partial charge in [0, 0.05) is 25.7 Å². The second-order valence-electron chi connectivity index (χ2n) is 6.68. The number of guanidine groups is 1. The van der Waals surface area contributed by atoms with Gasteiger partial charge in [0.1, 0.15) is 18.1 Å². The zero-order chi connectivity index (χ0) is 21.6. The molecule has 2 rings (SSSR count). The molecule has 8 heteroatoms. The Balaban J connectivity index is 0.00000480. The van der Waals surface area contributed by atoms with E-state index in [9.17, 15) is 4.79 Å². The van der Waals surface area contributed by atoms with Gasteiger partial charge in [-0.05, 0) is 48.4 Å². The molecule has 0 aromatic heterocycles. The number of aliphatic imine (C=N–C) groups is 1. The molecule has 1 amide bonds. The van der Waals surface area contributed by atoms with Gasteiger partial charge in [-0.3, -0.25) is 9.79 Å². The molecule has 0 saturated heterocycles. The van der Waals surface area contributed by atoms with Crippen LogP contribution in [0.3, 0.4) is 0 Å². The van der Waals surface area contributed by atoms with Gasteiger partial charge in [0.15, 0.2) is 5.96 Å². The van der Waals surface area contributed by atoms with E-state index in [0.29, 0.717) is 37.8 Å². The maximum atomic E-state index is 12.1. The van der Waals surface area contributed by atoms with Crippen molar-refractivity contribution in [1.29, 1.82) is 0 Å². The summed E-state index contributed by atoms with van der Waals surface area (Å²) in [6, 6.07) is 15.1. The monoisotopic (exact) mass is 540 g/mol. The smallest absolute Gasteiger partial charge is 0.251 e. The Morgan fingerprint density at radius 1 is 0.935 bits per heavy atom. The lowest BCUT2D eigenvalue weighted by Gasteiger charge is -2.13. The molecule has 0 spiro atoms. The Hall–Kier alpha value is -2.49. The molecule has 0 aliphatic carbocycles. The number of hydrogen-bond acceptors (Lipinski definition) is 4. The summed E-state index contributed by atoms with van der Waals surface area (Å²) < 4.78 is 10.8. The Morgan fingerprint density at radius 2 is 1.61 bits per heavy atom. The van der Waals surface area contributed by atoms with E-state index in [4.69, 9.17) is 9.47 Å². The van der Waals surface area contributed by atoms with Gasteiger partial charge in [0.2, 0.25) is 0 Å². The highest BCUT2D eigenvalue weighted by Gasteiger charge is 2.05. The fourth-order valence-corrected chi connectivity index (χ4v) is 2.67. The summed E-state index contributed by atoms with van der Waals surface area (Å²) in [5, 5.41) is 9.40. The molecule has 7 nitrogen and oxygen atoms in total. The maximum absolute atomic E-state index is 12.1. The van der Waals surface area contributed by atoms with E-state index in [2.05, 4.69) is 27.9 Å². The standard InChI is InChI=1S/C23H32N4O3.HI/c1-4-5-14-25-22(28)19-8-6-18(7-9-19)17-27-23(24-2)26-15-16-30-21-12-10-20(29-3)11-13-21;/h6-13H,4-5,14-17H2,1-3H3,(H,25,28)(H2,24,26,27);1H. The Bertz CT molecular complexity index is 795. The highest BCUT2D eigenvalue weighted by Crippen LogP contribution is 2.16. The molecule has 0 fully saturated rings. The molecular formula is C23H33IN4O3. The van der Waals surface area contributed by atoms with Gasteiger partial charge in [0.05, 0.1) is 13.7 Å². The summed E-state index contributed by atoms with van der Waals surface area (Å²) in [6.07, 6.45) is 2.05. The minimum Gasteiger partial charge on any atom is -0.497 e. The number of unbranched alkanes of at least 4 members (excludes halogenated alkanes) is 1. The van der Waals surface area contributed by atoms with Crippen LogP contribution >= 0.6 is 24.0 Å². The molecule has 2 aromatic carbocycles. The average molecular weight is 540 g/mol. The summed E-state index contributed by atoms with van der Waals surface area (Å²) in [7, 11) is 3.36. The van der Waals surface area contributed by atoms with Crippen molar-refractivity contribution in [2.24, 2.45) is 4.99 Å². The number of nitrogens with one attached hydrogen (secondary N) is 3. The molecule has 0 bridgehead atoms. The topological polar surface area (TPSA) is 84.0 Å². The molecule has 0 heterocycles. The second kappa shape index (κ2) is 15.3. The van der Waals surface area contributed by atoms with Crippen LogP contribution in [0.15, 0.2) is 53.5 Å². The quantitative estimate of drug-likeness (QED) is 0.176. The molecule has 3 N–H and O–H groups in total. The van der Waals surface area contributed by atoms with Crippen LogP contribution in [0.4, 0.5) is 0 Å². The van der Waals surface area contributed by atoms with Crippen LogP contribution in [0.2, 0.25) is 0 Å². The van der Waals surface area contributed by atoms with Gasteiger partial charge in [-0.2, -0.15) is 0 Å². The van der Waals surface area contributed by atoms with Gasteiger partial charge < -0.3 is 25.4 Å². The van der Waals surface area contributed by atoms with Crippen LogP contribution < -0.4 is 25.4 Å². The molecule has 0 unspecified atom stereocenters. The number of nitrogens with zero attached hydrogens (tertiary/aromatic N) is 1. The van der Waals surface area contributed by atoms with Crippen molar-refractivity contribution in [2.75, 3.05) is 33.9 Å². The van der Waals surface area contributed by atoms with Crippen LogP contribution in [0.5, 0.6) is 11.5 Å².